The molecule has 0 aromatic carbocycles. The topological polar surface area (TPSA) is 42.2 Å². The summed E-state index contributed by atoms with van der Waals surface area (Å²) >= 11 is 0. The highest BCUT2D eigenvalue weighted by atomic mass is 16.3. The number of carbonyl (C=O) groups is 1. The maximum atomic E-state index is 11.5. The average molecular weight is 193 g/mol. The highest BCUT2D eigenvalue weighted by Crippen LogP contribution is 2.22. The van der Waals surface area contributed by atoms with Crippen LogP contribution in [-0.2, 0) is 13.0 Å². The predicted molar refractivity (Wildman–Crippen MR) is 53.4 cm³/mol. The number of aromatic nitrogens is 1. The Labute approximate surface area is 83.4 Å². The van der Waals surface area contributed by atoms with Crippen LogP contribution >= 0.6 is 0 Å². The second kappa shape index (κ2) is 3.58. The van der Waals surface area contributed by atoms with Crippen molar-refractivity contribution in [3.8, 4) is 0 Å². The Hall–Kier alpha value is -1.09. The van der Waals surface area contributed by atoms with E-state index in [1.165, 1.54) is 0 Å². The number of nitrogens with zero attached hydrogens (tertiary/aromatic N) is 1. The first-order valence-corrected chi connectivity index (χ1v) is 5.08. The normalized spacial score (nSPS) is 18.0. The molecule has 1 aromatic heterocycles. The molecular formula is C11H15NO2. The minimum Gasteiger partial charge on any atom is -0.392 e. The van der Waals surface area contributed by atoms with Crippen LogP contribution in [0.15, 0.2) is 12.3 Å². The monoisotopic (exact) mass is 193 g/mol. The molecule has 2 rings (SSSR count). The van der Waals surface area contributed by atoms with E-state index < -0.39 is 0 Å². The third-order valence-corrected chi connectivity index (χ3v) is 2.66. The smallest absolute Gasteiger partial charge is 0.164 e. The van der Waals surface area contributed by atoms with E-state index in [1.54, 1.807) is 6.92 Å². The second-order valence-electron chi connectivity index (χ2n) is 3.95. The van der Waals surface area contributed by atoms with Gasteiger partial charge in [-0.2, -0.15) is 0 Å². The number of hydrogen-bond acceptors (Lipinski definition) is 2. The van der Waals surface area contributed by atoms with Gasteiger partial charge in [0.05, 0.1) is 6.10 Å². The lowest BCUT2D eigenvalue weighted by Gasteiger charge is -2.15. The minimum atomic E-state index is -0.358. The molecule has 0 fully saturated rings. The van der Waals surface area contributed by atoms with Crippen LogP contribution in [0.5, 0.6) is 0 Å². The number of aliphatic hydroxyl groups is 1. The number of Topliss-reactive ketones (excluding diaryl/α,β-unsaturated/α-hetero) is 1. The zero-order valence-corrected chi connectivity index (χ0v) is 8.36. The van der Waals surface area contributed by atoms with Crippen molar-refractivity contribution in [1.82, 2.24) is 4.57 Å². The maximum absolute atomic E-state index is 11.5. The van der Waals surface area contributed by atoms with Gasteiger partial charge in [0.25, 0.3) is 0 Å². The summed E-state index contributed by atoms with van der Waals surface area (Å²) in [6.45, 7) is 2.35. The molecule has 0 saturated heterocycles. The van der Waals surface area contributed by atoms with Gasteiger partial charge in [-0.1, -0.05) is 0 Å². The van der Waals surface area contributed by atoms with E-state index in [2.05, 4.69) is 0 Å². The Bertz CT molecular complexity index is 352. The van der Waals surface area contributed by atoms with Crippen molar-refractivity contribution in [1.29, 1.82) is 0 Å². The van der Waals surface area contributed by atoms with Gasteiger partial charge in [-0.25, -0.2) is 0 Å². The van der Waals surface area contributed by atoms with Gasteiger partial charge in [0.1, 0.15) is 0 Å². The third kappa shape index (κ3) is 1.60. The van der Waals surface area contributed by atoms with Gasteiger partial charge in [-0.05, 0) is 25.8 Å². The van der Waals surface area contributed by atoms with Crippen molar-refractivity contribution < 1.29 is 9.90 Å². The van der Waals surface area contributed by atoms with E-state index in [0.717, 1.165) is 24.1 Å². The van der Waals surface area contributed by atoms with Crippen LogP contribution in [-0.4, -0.2) is 21.6 Å². The first-order chi connectivity index (χ1) is 6.68. The van der Waals surface area contributed by atoms with Gasteiger partial charge in [0.2, 0.25) is 0 Å². The molecule has 0 amide bonds. The summed E-state index contributed by atoms with van der Waals surface area (Å²) < 4.78 is 2.00. The molecule has 1 unspecified atom stereocenters. The molecule has 3 nitrogen and oxygen atoms in total. The Kier molecular flexibility index (Phi) is 2.42. The first-order valence-electron chi connectivity index (χ1n) is 5.08. The van der Waals surface area contributed by atoms with Gasteiger partial charge in [0.15, 0.2) is 5.78 Å². The molecule has 0 bridgehead atoms. The highest BCUT2D eigenvalue weighted by molar-refractivity contribution is 5.98. The predicted octanol–water partition coefficient (Wildman–Crippen LogP) is 1.39. The number of rotatable bonds is 2. The van der Waals surface area contributed by atoms with Gasteiger partial charge < -0.3 is 9.67 Å². The lowest BCUT2D eigenvalue weighted by atomic mass is 9.97. The molecule has 1 aliphatic carbocycles. The van der Waals surface area contributed by atoms with Crippen LogP contribution in [0.4, 0.5) is 0 Å². The summed E-state index contributed by atoms with van der Waals surface area (Å²) in [6, 6.07) is 1.87. The summed E-state index contributed by atoms with van der Waals surface area (Å²) in [5, 5.41) is 9.29. The van der Waals surface area contributed by atoms with Gasteiger partial charge in [-0.15, -0.1) is 0 Å². The van der Waals surface area contributed by atoms with Gasteiger partial charge >= 0.3 is 0 Å². The second-order valence-corrected chi connectivity index (χ2v) is 3.95. The van der Waals surface area contributed by atoms with E-state index in [0.29, 0.717) is 13.0 Å². The van der Waals surface area contributed by atoms with Crippen LogP contribution in [0.3, 0.4) is 0 Å². The molecule has 1 aliphatic rings. The zero-order chi connectivity index (χ0) is 10.1. The van der Waals surface area contributed by atoms with E-state index in [1.807, 2.05) is 16.8 Å². The molecule has 1 atom stereocenters. The lowest BCUT2D eigenvalue weighted by Crippen LogP contribution is -2.17. The lowest BCUT2D eigenvalue weighted by molar-refractivity contribution is 0.0970. The van der Waals surface area contributed by atoms with Crippen molar-refractivity contribution in [2.45, 2.75) is 38.8 Å². The molecule has 0 radical (unpaired) electrons. The van der Waals surface area contributed by atoms with Crippen LogP contribution in [0.25, 0.3) is 0 Å². The fourth-order valence-corrected chi connectivity index (χ4v) is 2.04. The molecule has 3 heteroatoms. The van der Waals surface area contributed by atoms with Crippen molar-refractivity contribution in [3.63, 3.8) is 0 Å². The van der Waals surface area contributed by atoms with Crippen LogP contribution < -0.4 is 0 Å². The number of ketones is 1. The van der Waals surface area contributed by atoms with Crippen molar-refractivity contribution in [2.24, 2.45) is 0 Å². The van der Waals surface area contributed by atoms with Gasteiger partial charge in [-0.3, -0.25) is 4.79 Å². The van der Waals surface area contributed by atoms with Crippen molar-refractivity contribution in [2.75, 3.05) is 0 Å². The SMILES string of the molecule is CC(O)Cn1ccc2c1CCCC2=O. The average Bonchev–Trinajstić information content (AvgIpc) is 2.49. The molecule has 0 aliphatic heterocycles. The molecule has 0 spiro atoms. The Morgan fingerprint density at radius 2 is 2.36 bits per heavy atom. The summed E-state index contributed by atoms with van der Waals surface area (Å²) in [5.41, 5.74) is 1.96. The summed E-state index contributed by atoms with van der Waals surface area (Å²) in [5.74, 6) is 0.246. The standard InChI is InChI=1S/C11H15NO2/c1-8(13)7-12-6-5-9-10(12)3-2-4-11(9)14/h5-6,8,13H,2-4,7H2,1H3. The number of carbonyl (C=O) groups excluding carboxylic acids is 1. The number of hydrogen-bond donors (Lipinski definition) is 1. The molecule has 1 aromatic rings. The van der Waals surface area contributed by atoms with E-state index in [-0.39, 0.29) is 11.9 Å². The third-order valence-electron chi connectivity index (χ3n) is 2.66. The minimum absolute atomic E-state index is 0.246. The quantitative estimate of drug-likeness (QED) is 0.771. The Balaban J connectivity index is 2.31. The first kappa shape index (κ1) is 9.46. The number of fused-ring (bicyclic) bond motifs is 1. The molecule has 1 N–H and O–H groups in total. The van der Waals surface area contributed by atoms with Crippen molar-refractivity contribution in [3.05, 3.63) is 23.5 Å². The van der Waals surface area contributed by atoms with Gasteiger partial charge in [0, 0.05) is 30.4 Å². The van der Waals surface area contributed by atoms with E-state index in [9.17, 15) is 9.90 Å². The fraction of sp³-hybridized carbons (Fsp3) is 0.545. The highest BCUT2D eigenvalue weighted by Gasteiger charge is 2.20. The summed E-state index contributed by atoms with van der Waals surface area (Å²) in [4.78, 5) is 11.5. The Morgan fingerprint density at radius 1 is 1.57 bits per heavy atom. The summed E-state index contributed by atoms with van der Waals surface area (Å²) in [7, 11) is 0. The fourth-order valence-electron chi connectivity index (χ4n) is 2.04. The number of aliphatic hydroxyl groups excluding tert-OH is 1. The maximum Gasteiger partial charge on any atom is 0.164 e. The zero-order valence-electron chi connectivity index (χ0n) is 8.36. The Morgan fingerprint density at radius 3 is 3.07 bits per heavy atom. The van der Waals surface area contributed by atoms with Crippen LogP contribution in [0.2, 0.25) is 0 Å². The van der Waals surface area contributed by atoms with Crippen LogP contribution in [0, 0.1) is 0 Å². The molecule has 1 heterocycles. The largest absolute Gasteiger partial charge is 0.392 e. The van der Waals surface area contributed by atoms with Crippen LogP contribution in [0.1, 0.15) is 35.8 Å². The summed E-state index contributed by atoms with van der Waals surface area (Å²) in [6.07, 6.45) is 4.12. The van der Waals surface area contributed by atoms with E-state index in [4.69, 9.17) is 0 Å². The molecule has 14 heavy (non-hydrogen) atoms. The van der Waals surface area contributed by atoms with E-state index >= 15 is 0 Å². The molecule has 76 valence electrons. The molecule has 0 saturated carbocycles. The van der Waals surface area contributed by atoms with Crippen molar-refractivity contribution >= 4 is 5.78 Å². The molecular weight excluding hydrogens is 178 g/mol.